The van der Waals surface area contributed by atoms with E-state index in [9.17, 15) is 9.59 Å². The summed E-state index contributed by atoms with van der Waals surface area (Å²) < 4.78 is 9.81. The number of amides is 1. The lowest BCUT2D eigenvalue weighted by Gasteiger charge is -2.23. The second kappa shape index (κ2) is 5.70. The molecule has 1 amide bonds. The van der Waals surface area contributed by atoms with Gasteiger partial charge in [-0.3, -0.25) is 4.79 Å². The lowest BCUT2D eigenvalue weighted by Crippen LogP contribution is -2.44. The molecule has 1 atom stereocenters. The number of nitrogens with one attached hydrogen (secondary N) is 1. The Labute approximate surface area is 90.1 Å². The van der Waals surface area contributed by atoms with Crippen LogP contribution in [0.3, 0.4) is 0 Å². The molecule has 0 rings (SSSR count). The van der Waals surface area contributed by atoms with E-state index in [1.165, 1.54) is 14.0 Å². The number of Topliss-reactive ketones (excluding diaryl/α,β-unsaturated/α-hetero) is 1. The van der Waals surface area contributed by atoms with Crippen molar-refractivity contribution in [2.75, 3.05) is 13.7 Å². The zero-order valence-corrected chi connectivity index (χ0v) is 9.92. The second-order valence-corrected chi connectivity index (χ2v) is 4.22. The Bertz CT molecular complexity index is 232. The monoisotopic (exact) mass is 217 g/mol. The topological polar surface area (TPSA) is 64.6 Å². The largest absolute Gasteiger partial charge is 0.453 e. The highest BCUT2D eigenvalue weighted by Crippen LogP contribution is 2.07. The Hall–Kier alpha value is -1.10. The maximum atomic E-state index is 11.2. The van der Waals surface area contributed by atoms with E-state index in [0.29, 0.717) is 0 Å². The van der Waals surface area contributed by atoms with Crippen LogP contribution in [0, 0.1) is 0 Å². The fourth-order valence-corrected chi connectivity index (χ4v) is 0.795. The van der Waals surface area contributed by atoms with E-state index in [1.54, 1.807) is 0 Å². The Morgan fingerprint density at radius 1 is 1.33 bits per heavy atom. The number of methoxy groups -OCH3 is 1. The summed E-state index contributed by atoms with van der Waals surface area (Å²) in [6.07, 6.45) is -0.632. The number of alkyl carbamates (subject to hydrolysis) is 1. The highest BCUT2D eigenvalue weighted by Gasteiger charge is 2.20. The van der Waals surface area contributed by atoms with Gasteiger partial charge < -0.3 is 14.8 Å². The molecule has 0 heterocycles. The van der Waals surface area contributed by atoms with Gasteiger partial charge in [0.05, 0.1) is 19.3 Å². The maximum Gasteiger partial charge on any atom is 0.407 e. The minimum atomic E-state index is -0.656. The van der Waals surface area contributed by atoms with Crippen molar-refractivity contribution in [3.8, 4) is 0 Å². The van der Waals surface area contributed by atoms with E-state index in [4.69, 9.17) is 4.74 Å². The minimum absolute atomic E-state index is 0.147. The van der Waals surface area contributed by atoms with E-state index in [2.05, 4.69) is 10.1 Å². The molecule has 0 radical (unpaired) electrons. The molecule has 1 N–H and O–H groups in total. The van der Waals surface area contributed by atoms with Gasteiger partial charge in [-0.1, -0.05) is 0 Å². The minimum Gasteiger partial charge on any atom is -0.453 e. The van der Waals surface area contributed by atoms with Gasteiger partial charge in [0.25, 0.3) is 0 Å². The number of carbonyl (C=O) groups is 2. The van der Waals surface area contributed by atoms with Crippen molar-refractivity contribution in [2.24, 2.45) is 0 Å². The molecule has 15 heavy (non-hydrogen) atoms. The third kappa shape index (κ3) is 6.90. The van der Waals surface area contributed by atoms with Gasteiger partial charge in [-0.25, -0.2) is 4.79 Å². The fraction of sp³-hybridized carbons (Fsp3) is 0.800. The summed E-state index contributed by atoms with van der Waals surface area (Å²) in [6, 6.07) is -0.656. The first-order chi connectivity index (χ1) is 6.76. The van der Waals surface area contributed by atoms with Crippen LogP contribution >= 0.6 is 0 Å². The number of rotatable bonds is 4. The summed E-state index contributed by atoms with van der Waals surface area (Å²) in [4.78, 5) is 22.1. The lowest BCUT2D eigenvalue weighted by atomic mass is 10.1. The summed E-state index contributed by atoms with van der Waals surface area (Å²) in [6.45, 7) is 7.17. The number of carbonyl (C=O) groups excluding carboxylic acids is 2. The van der Waals surface area contributed by atoms with E-state index in [0.717, 1.165) is 0 Å². The molecule has 1 unspecified atom stereocenters. The molecule has 0 aromatic heterocycles. The molecule has 0 aromatic carbocycles. The molecule has 0 aromatic rings. The molecule has 0 aliphatic rings. The maximum absolute atomic E-state index is 11.2. The summed E-state index contributed by atoms with van der Waals surface area (Å²) in [5.74, 6) is -0.162. The standard InChI is InChI=1S/C10H19NO4/c1-7(12)8(11-9(13)14-5)6-15-10(2,3)4/h8H,6H2,1-5H3,(H,11,13). The van der Waals surface area contributed by atoms with Crippen molar-refractivity contribution < 1.29 is 19.1 Å². The summed E-state index contributed by atoms with van der Waals surface area (Å²) in [7, 11) is 1.25. The summed E-state index contributed by atoms with van der Waals surface area (Å²) in [5.41, 5.74) is -0.342. The molecule has 0 bridgehead atoms. The van der Waals surface area contributed by atoms with Crippen molar-refractivity contribution in [3.63, 3.8) is 0 Å². The van der Waals surface area contributed by atoms with Crippen molar-refractivity contribution in [1.29, 1.82) is 0 Å². The first-order valence-electron chi connectivity index (χ1n) is 4.75. The number of hydrogen-bond donors (Lipinski definition) is 1. The first-order valence-corrected chi connectivity index (χ1v) is 4.75. The highest BCUT2D eigenvalue weighted by molar-refractivity contribution is 5.85. The van der Waals surface area contributed by atoms with E-state index < -0.39 is 12.1 Å². The van der Waals surface area contributed by atoms with Gasteiger partial charge in [-0.05, 0) is 27.7 Å². The molecule has 0 spiro atoms. The molecule has 5 nitrogen and oxygen atoms in total. The first kappa shape index (κ1) is 13.9. The van der Waals surface area contributed by atoms with Crippen LogP contribution in [-0.4, -0.2) is 37.2 Å². The van der Waals surface area contributed by atoms with Crippen molar-refractivity contribution in [1.82, 2.24) is 5.32 Å². The van der Waals surface area contributed by atoms with Gasteiger partial charge in [-0.2, -0.15) is 0 Å². The second-order valence-electron chi connectivity index (χ2n) is 4.22. The highest BCUT2D eigenvalue weighted by atomic mass is 16.5. The van der Waals surface area contributed by atoms with Gasteiger partial charge in [0, 0.05) is 0 Å². The van der Waals surface area contributed by atoms with Crippen LogP contribution < -0.4 is 5.32 Å². The van der Waals surface area contributed by atoms with Gasteiger partial charge in [0.2, 0.25) is 0 Å². The molecule has 5 heteroatoms. The smallest absolute Gasteiger partial charge is 0.407 e. The Balaban J connectivity index is 4.18. The number of ketones is 1. The Morgan fingerprint density at radius 2 is 1.87 bits per heavy atom. The average Bonchev–Trinajstić information content (AvgIpc) is 2.09. The average molecular weight is 217 g/mol. The SMILES string of the molecule is COC(=O)NC(COC(C)(C)C)C(C)=O. The Morgan fingerprint density at radius 3 is 2.20 bits per heavy atom. The molecule has 0 fully saturated rings. The van der Waals surface area contributed by atoms with Crippen LogP contribution in [0.2, 0.25) is 0 Å². The van der Waals surface area contributed by atoms with Gasteiger partial charge in [0.1, 0.15) is 6.04 Å². The predicted molar refractivity (Wildman–Crippen MR) is 55.7 cm³/mol. The van der Waals surface area contributed by atoms with E-state index in [1.807, 2.05) is 20.8 Å². The fourth-order valence-electron chi connectivity index (χ4n) is 0.795. The zero-order chi connectivity index (χ0) is 12.1. The molecule has 0 aliphatic carbocycles. The van der Waals surface area contributed by atoms with Gasteiger partial charge in [0.15, 0.2) is 5.78 Å². The van der Waals surface area contributed by atoms with E-state index >= 15 is 0 Å². The molecule has 88 valence electrons. The normalized spacial score (nSPS) is 13.1. The van der Waals surface area contributed by atoms with Crippen LogP contribution in [0.5, 0.6) is 0 Å². The van der Waals surface area contributed by atoms with E-state index in [-0.39, 0.29) is 18.0 Å². The van der Waals surface area contributed by atoms with Crippen LogP contribution in [0.15, 0.2) is 0 Å². The zero-order valence-electron chi connectivity index (χ0n) is 9.92. The van der Waals surface area contributed by atoms with Crippen LogP contribution in [0.25, 0.3) is 0 Å². The number of ether oxygens (including phenoxy) is 2. The summed E-state index contributed by atoms with van der Waals surface area (Å²) >= 11 is 0. The van der Waals surface area contributed by atoms with Crippen LogP contribution in [0.4, 0.5) is 4.79 Å². The molecule has 0 saturated heterocycles. The lowest BCUT2D eigenvalue weighted by molar-refractivity contribution is -0.121. The van der Waals surface area contributed by atoms with Crippen molar-refractivity contribution in [3.05, 3.63) is 0 Å². The molecular weight excluding hydrogens is 198 g/mol. The van der Waals surface area contributed by atoms with Crippen molar-refractivity contribution >= 4 is 11.9 Å². The predicted octanol–water partition coefficient (Wildman–Crippen LogP) is 1.12. The third-order valence-electron chi connectivity index (χ3n) is 1.65. The van der Waals surface area contributed by atoms with Crippen LogP contribution in [0.1, 0.15) is 27.7 Å². The van der Waals surface area contributed by atoms with Gasteiger partial charge >= 0.3 is 6.09 Å². The van der Waals surface area contributed by atoms with Crippen molar-refractivity contribution in [2.45, 2.75) is 39.3 Å². The quantitative estimate of drug-likeness (QED) is 0.766. The third-order valence-corrected chi connectivity index (χ3v) is 1.65. The van der Waals surface area contributed by atoms with Gasteiger partial charge in [-0.15, -0.1) is 0 Å². The molecule has 0 saturated carbocycles. The number of hydrogen-bond acceptors (Lipinski definition) is 4. The van der Waals surface area contributed by atoms with Crippen LogP contribution in [-0.2, 0) is 14.3 Å². The Kier molecular flexibility index (Phi) is 5.28. The molecule has 0 aliphatic heterocycles. The molecular formula is C10H19NO4. The summed E-state index contributed by atoms with van der Waals surface area (Å²) in [5, 5.41) is 2.40.